The Hall–Kier alpha value is -3.62. The molecule has 0 spiro atoms. The van der Waals surface area contributed by atoms with Crippen LogP contribution in [0.2, 0.25) is 0 Å². The van der Waals surface area contributed by atoms with Crippen molar-refractivity contribution in [2.45, 2.75) is 25.8 Å². The molecule has 3 aromatic rings. The van der Waals surface area contributed by atoms with Crippen molar-refractivity contribution >= 4 is 11.7 Å². The molecule has 1 aromatic carbocycles. The molecule has 0 aliphatic carbocycles. The minimum atomic E-state index is -3.14. The zero-order valence-corrected chi connectivity index (χ0v) is 16.6. The lowest BCUT2D eigenvalue weighted by molar-refractivity contribution is -0.119. The average molecular weight is 414 g/mol. The second-order valence-electron chi connectivity index (χ2n) is 6.70. The topological polar surface area (TPSA) is 86.1 Å². The molecule has 3 rings (SSSR count). The molecule has 0 aliphatic rings. The molecule has 0 fully saturated rings. The molecule has 7 nitrogen and oxygen atoms in total. The Morgan fingerprint density at radius 2 is 1.90 bits per heavy atom. The third kappa shape index (κ3) is 4.68. The van der Waals surface area contributed by atoms with Crippen molar-refractivity contribution in [1.82, 2.24) is 14.8 Å². The van der Waals surface area contributed by atoms with E-state index in [9.17, 15) is 18.4 Å². The van der Waals surface area contributed by atoms with E-state index in [0.717, 1.165) is 11.6 Å². The van der Waals surface area contributed by atoms with Crippen molar-refractivity contribution in [2.24, 2.45) is 0 Å². The van der Waals surface area contributed by atoms with Crippen LogP contribution >= 0.6 is 0 Å². The number of methoxy groups -OCH3 is 1. The molecule has 2 aromatic heterocycles. The van der Waals surface area contributed by atoms with Gasteiger partial charge in [0, 0.05) is 18.6 Å². The van der Waals surface area contributed by atoms with Gasteiger partial charge >= 0.3 is 0 Å². The monoisotopic (exact) mass is 414 g/mol. The van der Waals surface area contributed by atoms with E-state index < -0.39 is 29.1 Å². The summed E-state index contributed by atoms with van der Waals surface area (Å²) in [6.45, 7) is 2.20. The van der Waals surface area contributed by atoms with Crippen molar-refractivity contribution < 1.29 is 18.3 Å². The van der Waals surface area contributed by atoms with Crippen LogP contribution in [0.1, 0.15) is 25.6 Å². The van der Waals surface area contributed by atoms with Crippen LogP contribution in [0.15, 0.2) is 59.4 Å². The van der Waals surface area contributed by atoms with Gasteiger partial charge in [0.25, 0.3) is 11.5 Å². The standard InChI is InChI=1S/C21H20F2N4O3/c1-13(20(29)25-18-9-5-8-17(24-18)21(2,22)23)27-19(28)11-10-16(26-27)14-6-4-7-15(12-14)30-3/h4-13H,1-3H3,(H,24,25,29). The normalized spacial score (nSPS) is 12.3. The number of hydrogen-bond acceptors (Lipinski definition) is 5. The number of anilines is 1. The lowest BCUT2D eigenvalue weighted by Crippen LogP contribution is -2.33. The minimum Gasteiger partial charge on any atom is -0.497 e. The van der Waals surface area contributed by atoms with Crippen LogP contribution in [0.5, 0.6) is 5.75 Å². The summed E-state index contributed by atoms with van der Waals surface area (Å²) in [4.78, 5) is 28.7. The first-order valence-corrected chi connectivity index (χ1v) is 9.09. The highest BCUT2D eigenvalue weighted by atomic mass is 19.3. The zero-order chi connectivity index (χ0) is 21.9. The molecule has 2 heterocycles. The SMILES string of the molecule is COc1cccc(-c2ccc(=O)n(C(C)C(=O)Nc3cccc(C(C)(F)F)n3)n2)c1. The molecule has 1 atom stereocenters. The molecule has 1 unspecified atom stereocenters. The first-order valence-electron chi connectivity index (χ1n) is 9.09. The van der Waals surface area contributed by atoms with Gasteiger partial charge < -0.3 is 10.1 Å². The summed E-state index contributed by atoms with van der Waals surface area (Å²) in [7, 11) is 1.54. The second-order valence-corrected chi connectivity index (χ2v) is 6.70. The third-order valence-electron chi connectivity index (χ3n) is 4.39. The number of alkyl halides is 2. The smallest absolute Gasteiger partial charge is 0.287 e. The molecule has 0 bridgehead atoms. The number of ether oxygens (including phenoxy) is 1. The van der Waals surface area contributed by atoms with Gasteiger partial charge in [0.2, 0.25) is 5.91 Å². The van der Waals surface area contributed by atoms with E-state index in [1.54, 1.807) is 30.3 Å². The zero-order valence-electron chi connectivity index (χ0n) is 16.6. The Morgan fingerprint density at radius 1 is 1.17 bits per heavy atom. The highest BCUT2D eigenvalue weighted by molar-refractivity contribution is 5.92. The molecule has 30 heavy (non-hydrogen) atoms. The predicted octanol–water partition coefficient (Wildman–Crippen LogP) is 3.63. The van der Waals surface area contributed by atoms with E-state index in [0.29, 0.717) is 17.0 Å². The lowest BCUT2D eigenvalue weighted by Gasteiger charge is -2.16. The van der Waals surface area contributed by atoms with Crippen LogP contribution < -0.4 is 15.6 Å². The van der Waals surface area contributed by atoms with E-state index in [-0.39, 0.29) is 5.82 Å². The molecule has 0 saturated heterocycles. The van der Waals surface area contributed by atoms with Crippen LogP contribution in [-0.2, 0) is 10.7 Å². The van der Waals surface area contributed by atoms with Crippen molar-refractivity contribution in [3.8, 4) is 17.0 Å². The molecule has 156 valence electrons. The highest BCUT2D eigenvalue weighted by Crippen LogP contribution is 2.26. The first-order chi connectivity index (χ1) is 14.2. The van der Waals surface area contributed by atoms with Crippen molar-refractivity contribution in [1.29, 1.82) is 0 Å². The van der Waals surface area contributed by atoms with Crippen LogP contribution in [0.4, 0.5) is 14.6 Å². The minimum absolute atomic E-state index is 0.0390. The fourth-order valence-corrected chi connectivity index (χ4v) is 2.73. The lowest BCUT2D eigenvalue weighted by atomic mass is 10.1. The third-order valence-corrected chi connectivity index (χ3v) is 4.39. The van der Waals surface area contributed by atoms with Crippen LogP contribution in [0.25, 0.3) is 11.3 Å². The molecule has 0 radical (unpaired) electrons. The molecule has 1 N–H and O–H groups in total. The van der Waals surface area contributed by atoms with Crippen LogP contribution in [-0.4, -0.2) is 27.8 Å². The Labute approximate surface area is 171 Å². The summed E-state index contributed by atoms with van der Waals surface area (Å²) in [5.74, 6) is -3.17. The second kappa shape index (κ2) is 8.40. The van der Waals surface area contributed by atoms with Gasteiger partial charge in [-0.3, -0.25) is 9.59 Å². The number of rotatable bonds is 6. The number of carbonyl (C=O) groups is 1. The van der Waals surface area contributed by atoms with Gasteiger partial charge in [0.1, 0.15) is 23.3 Å². The number of amides is 1. The fourth-order valence-electron chi connectivity index (χ4n) is 2.73. The molecule has 0 saturated carbocycles. The van der Waals surface area contributed by atoms with Gasteiger partial charge in [-0.2, -0.15) is 13.9 Å². The van der Waals surface area contributed by atoms with E-state index in [1.165, 1.54) is 38.3 Å². The van der Waals surface area contributed by atoms with Crippen molar-refractivity contribution in [3.05, 3.63) is 70.6 Å². The number of pyridine rings is 1. The number of aromatic nitrogens is 3. The van der Waals surface area contributed by atoms with E-state index in [2.05, 4.69) is 15.4 Å². The Kier molecular flexibility index (Phi) is 5.91. The maximum Gasteiger partial charge on any atom is 0.287 e. The van der Waals surface area contributed by atoms with Gasteiger partial charge in [0.05, 0.1) is 12.8 Å². The molecular formula is C21H20F2N4O3. The molecular weight excluding hydrogens is 394 g/mol. The Bertz CT molecular complexity index is 1130. The van der Waals surface area contributed by atoms with Gasteiger partial charge in [0.15, 0.2) is 0 Å². The summed E-state index contributed by atoms with van der Waals surface area (Å²) in [6, 6.07) is 12.9. The maximum absolute atomic E-state index is 13.5. The number of carbonyl (C=O) groups excluding carboxylic acids is 1. The summed E-state index contributed by atoms with van der Waals surface area (Å²) < 4.78 is 33.2. The van der Waals surface area contributed by atoms with Gasteiger partial charge in [-0.05, 0) is 37.3 Å². The van der Waals surface area contributed by atoms with Crippen molar-refractivity contribution in [2.75, 3.05) is 12.4 Å². The fraction of sp³-hybridized carbons (Fsp3) is 0.238. The molecule has 0 aliphatic heterocycles. The maximum atomic E-state index is 13.5. The van der Waals surface area contributed by atoms with Gasteiger partial charge in [-0.25, -0.2) is 9.67 Å². The highest BCUT2D eigenvalue weighted by Gasteiger charge is 2.27. The average Bonchev–Trinajstić information content (AvgIpc) is 2.73. The number of halogens is 2. The number of benzene rings is 1. The van der Waals surface area contributed by atoms with Gasteiger partial charge in [-0.15, -0.1) is 0 Å². The predicted molar refractivity (Wildman–Crippen MR) is 108 cm³/mol. The van der Waals surface area contributed by atoms with Crippen molar-refractivity contribution in [3.63, 3.8) is 0 Å². The van der Waals surface area contributed by atoms with Crippen LogP contribution in [0, 0.1) is 0 Å². The first kappa shape index (κ1) is 21.1. The van der Waals surface area contributed by atoms with Gasteiger partial charge in [-0.1, -0.05) is 18.2 Å². The summed E-state index contributed by atoms with van der Waals surface area (Å²) >= 11 is 0. The number of hydrogen-bond donors (Lipinski definition) is 1. The Morgan fingerprint density at radius 3 is 2.60 bits per heavy atom. The number of nitrogens with one attached hydrogen (secondary N) is 1. The molecule has 1 amide bonds. The van der Waals surface area contributed by atoms with E-state index in [1.807, 2.05) is 0 Å². The van der Waals surface area contributed by atoms with Crippen LogP contribution in [0.3, 0.4) is 0 Å². The summed E-state index contributed by atoms with van der Waals surface area (Å²) in [5.41, 5.74) is 0.225. The number of nitrogens with zero attached hydrogens (tertiary/aromatic N) is 3. The largest absolute Gasteiger partial charge is 0.497 e. The molecule has 9 heteroatoms. The van der Waals surface area contributed by atoms with E-state index in [4.69, 9.17) is 4.74 Å². The Balaban J connectivity index is 1.86. The van der Waals surface area contributed by atoms with E-state index >= 15 is 0 Å². The summed E-state index contributed by atoms with van der Waals surface area (Å²) in [6.07, 6.45) is 0. The quantitative estimate of drug-likeness (QED) is 0.666. The summed E-state index contributed by atoms with van der Waals surface area (Å²) in [5, 5.41) is 6.74.